The summed E-state index contributed by atoms with van der Waals surface area (Å²) in [7, 11) is 0. The van der Waals surface area contributed by atoms with Gasteiger partial charge in [0.2, 0.25) is 5.91 Å². The Labute approximate surface area is 194 Å². The molecule has 30 heavy (non-hydrogen) atoms. The minimum absolute atomic E-state index is 0.0660. The van der Waals surface area contributed by atoms with Gasteiger partial charge in [0, 0.05) is 27.4 Å². The standard InChI is InChI=1S/C21H22Cl2N4OS2/c1-12(17-8-5-14(22)10-18(17)23)24-20(28)13(2)30-21-26-25-19(27(21)15-6-7-15)11-16-4-3-9-29-16/h3-5,8-10,12-13,15H,6-7,11H2,1-2H3,(H,24,28)/t12-,13-/m1/s1. The molecule has 2 heterocycles. The highest BCUT2D eigenvalue weighted by Gasteiger charge is 2.31. The van der Waals surface area contributed by atoms with Gasteiger partial charge in [-0.2, -0.15) is 0 Å². The molecule has 1 saturated carbocycles. The first kappa shape index (κ1) is 21.7. The molecule has 5 nitrogen and oxygen atoms in total. The maximum Gasteiger partial charge on any atom is 0.233 e. The molecule has 1 fully saturated rings. The Morgan fingerprint density at radius 3 is 2.77 bits per heavy atom. The van der Waals surface area contributed by atoms with Crippen LogP contribution in [0.4, 0.5) is 0 Å². The second-order valence-electron chi connectivity index (χ2n) is 7.41. The van der Waals surface area contributed by atoms with Crippen molar-refractivity contribution in [2.75, 3.05) is 0 Å². The number of nitrogens with zero attached hydrogens (tertiary/aromatic N) is 3. The molecule has 1 N–H and O–H groups in total. The smallest absolute Gasteiger partial charge is 0.233 e. The molecule has 1 amide bonds. The van der Waals surface area contributed by atoms with Gasteiger partial charge in [0.15, 0.2) is 5.16 Å². The van der Waals surface area contributed by atoms with Crippen LogP contribution in [0.3, 0.4) is 0 Å². The maximum atomic E-state index is 12.8. The third kappa shape index (κ3) is 5.02. The fourth-order valence-electron chi connectivity index (χ4n) is 3.25. The lowest BCUT2D eigenvalue weighted by Crippen LogP contribution is -2.33. The van der Waals surface area contributed by atoms with Crippen molar-refractivity contribution in [2.45, 2.75) is 55.6 Å². The van der Waals surface area contributed by atoms with E-state index in [0.717, 1.165) is 35.8 Å². The van der Waals surface area contributed by atoms with E-state index in [2.05, 4.69) is 31.5 Å². The zero-order valence-corrected chi connectivity index (χ0v) is 19.8. The lowest BCUT2D eigenvalue weighted by atomic mass is 10.1. The highest BCUT2D eigenvalue weighted by molar-refractivity contribution is 8.00. The van der Waals surface area contributed by atoms with E-state index in [1.807, 2.05) is 26.0 Å². The van der Waals surface area contributed by atoms with Crippen LogP contribution in [-0.4, -0.2) is 25.9 Å². The normalized spacial score (nSPS) is 15.7. The molecule has 0 saturated heterocycles. The number of benzene rings is 1. The topological polar surface area (TPSA) is 59.8 Å². The van der Waals surface area contributed by atoms with Crippen LogP contribution < -0.4 is 5.32 Å². The van der Waals surface area contributed by atoms with Crippen LogP contribution in [-0.2, 0) is 11.2 Å². The van der Waals surface area contributed by atoms with Gasteiger partial charge in [-0.3, -0.25) is 4.79 Å². The molecule has 0 spiro atoms. The third-order valence-electron chi connectivity index (χ3n) is 5.00. The van der Waals surface area contributed by atoms with Gasteiger partial charge in [0.25, 0.3) is 0 Å². The van der Waals surface area contributed by atoms with Gasteiger partial charge in [-0.15, -0.1) is 21.5 Å². The summed E-state index contributed by atoms with van der Waals surface area (Å²) in [5.74, 6) is 0.903. The molecule has 1 aliphatic rings. The van der Waals surface area contributed by atoms with Crippen LogP contribution in [0, 0.1) is 0 Å². The number of thiophene rings is 1. The van der Waals surface area contributed by atoms with Crippen molar-refractivity contribution in [1.29, 1.82) is 0 Å². The number of rotatable bonds is 8. The summed E-state index contributed by atoms with van der Waals surface area (Å²) < 4.78 is 2.22. The van der Waals surface area contributed by atoms with Gasteiger partial charge in [-0.05, 0) is 55.8 Å². The molecular weight excluding hydrogens is 459 g/mol. The first-order valence-electron chi connectivity index (χ1n) is 9.80. The number of aromatic nitrogens is 3. The molecule has 9 heteroatoms. The fraction of sp³-hybridized carbons (Fsp3) is 0.381. The molecule has 4 rings (SSSR count). The minimum Gasteiger partial charge on any atom is -0.349 e. The van der Waals surface area contributed by atoms with E-state index in [9.17, 15) is 4.79 Å². The number of carbonyl (C=O) groups is 1. The molecule has 0 unspecified atom stereocenters. The molecule has 2 atom stereocenters. The third-order valence-corrected chi connectivity index (χ3v) is 7.49. The second kappa shape index (κ2) is 9.30. The number of nitrogens with one attached hydrogen (secondary N) is 1. The summed E-state index contributed by atoms with van der Waals surface area (Å²) in [5.41, 5.74) is 0.839. The van der Waals surface area contributed by atoms with Crippen molar-refractivity contribution in [3.8, 4) is 0 Å². The van der Waals surface area contributed by atoms with Crippen LogP contribution in [0.5, 0.6) is 0 Å². The summed E-state index contributed by atoms with van der Waals surface area (Å²) in [6.07, 6.45) is 3.04. The van der Waals surface area contributed by atoms with Gasteiger partial charge < -0.3 is 9.88 Å². The number of thioether (sulfide) groups is 1. The number of carbonyl (C=O) groups excluding carboxylic acids is 1. The molecule has 1 aliphatic carbocycles. The van der Waals surface area contributed by atoms with E-state index < -0.39 is 0 Å². The number of amides is 1. The predicted molar refractivity (Wildman–Crippen MR) is 124 cm³/mol. The quantitative estimate of drug-likeness (QED) is 0.405. The van der Waals surface area contributed by atoms with E-state index in [0.29, 0.717) is 16.1 Å². The summed E-state index contributed by atoms with van der Waals surface area (Å²) in [6, 6.07) is 9.69. The van der Waals surface area contributed by atoms with Crippen molar-refractivity contribution in [1.82, 2.24) is 20.1 Å². The lowest BCUT2D eigenvalue weighted by molar-refractivity contribution is -0.120. The largest absolute Gasteiger partial charge is 0.349 e. The summed E-state index contributed by atoms with van der Waals surface area (Å²) in [6.45, 7) is 3.80. The minimum atomic E-state index is -0.310. The van der Waals surface area contributed by atoms with E-state index in [1.54, 1.807) is 23.5 Å². The molecule has 0 radical (unpaired) electrons. The summed E-state index contributed by atoms with van der Waals surface area (Å²) in [4.78, 5) is 14.1. The molecule has 0 bridgehead atoms. The Bertz CT molecular complexity index is 1030. The fourth-order valence-corrected chi connectivity index (χ4v) is 5.47. The first-order valence-corrected chi connectivity index (χ1v) is 12.3. The van der Waals surface area contributed by atoms with Gasteiger partial charge in [-0.25, -0.2) is 0 Å². The Hall–Kier alpha value is -1.54. The molecule has 1 aromatic carbocycles. The number of halogens is 2. The highest BCUT2D eigenvalue weighted by atomic mass is 35.5. The van der Waals surface area contributed by atoms with Crippen LogP contribution in [0.1, 0.15) is 55.0 Å². The van der Waals surface area contributed by atoms with Gasteiger partial charge in [0.1, 0.15) is 5.82 Å². The number of hydrogen-bond donors (Lipinski definition) is 1. The van der Waals surface area contributed by atoms with Crippen LogP contribution in [0.2, 0.25) is 10.0 Å². The first-order chi connectivity index (χ1) is 14.4. The second-order valence-corrected chi connectivity index (χ2v) is 10.6. The predicted octanol–water partition coefficient (Wildman–Crippen LogP) is 5.93. The molecule has 3 aromatic rings. The van der Waals surface area contributed by atoms with Crippen LogP contribution in [0.25, 0.3) is 0 Å². The Morgan fingerprint density at radius 2 is 2.10 bits per heavy atom. The molecule has 0 aliphatic heterocycles. The zero-order valence-electron chi connectivity index (χ0n) is 16.6. The molecule has 2 aromatic heterocycles. The Morgan fingerprint density at radius 1 is 1.30 bits per heavy atom. The van der Waals surface area contributed by atoms with Gasteiger partial charge in [0.05, 0.1) is 11.3 Å². The maximum absolute atomic E-state index is 12.8. The Kier molecular flexibility index (Phi) is 6.72. The Balaban J connectivity index is 1.43. The monoisotopic (exact) mass is 480 g/mol. The van der Waals surface area contributed by atoms with Crippen molar-refractivity contribution in [2.24, 2.45) is 0 Å². The van der Waals surface area contributed by atoms with Crippen molar-refractivity contribution >= 4 is 52.2 Å². The molecular formula is C21H22Cl2N4OS2. The average molecular weight is 481 g/mol. The SMILES string of the molecule is C[C@@H](Sc1nnc(Cc2cccs2)n1C1CC1)C(=O)N[C@H](C)c1ccc(Cl)cc1Cl. The number of hydrogen-bond acceptors (Lipinski definition) is 5. The van der Waals surface area contributed by atoms with Crippen LogP contribution >= 0.6 is 46.3 Å². The highest BCUT2D eigenvalue weighted by Crippen LogP contribution is 2.40. The lowest BCUT2D eigenvalue weighted by Gasteiger charge is -2.19. The van der Waals surface area contributed by atoms with Crippen LogP contribution in [0.15, 0.2) is 40.9 Å². The molecule has 158 valence electrons. The van der Waals surface area contributed by atoms with E-state index in [-0.39, 0.29) is 17.2 Å². The van der Waals surface area contributed by atoms with Crippen molar-refractivity contribution in [3.05, 3.63) is 62.0 Å². The summed E-state index contributed by atoms with van der Waals surface area (Å²) in [5, 5.41) is 15.6. The van der Waals surface area contributed by atoms with Crippen molar-refractivity contribution < 1.29 is 4.79 Å². The zero-order chi connectivity index (χ0) is 21.3. The van der Waals surface area contributed by atoms with Gasteiger partial charge >= 0.3 is 0 Å². The summed E-state index contributed by atoms with van der Waals surface area (Å²) >= 11 is 15.4. The van der Waals surface area contributed by atoms with Crippen molar-refractivity contribution in [3.63, 3.8) is 0 Å². The van der Waals surface area contributed by atoms with E-state index in [1.165, 1.54) is 16.6 Å². The average Bonchev–Trinajstić information content (AvgIpc) is 3.25. The van der Waals surface area contributed by atoms with E-state index >= 15 is 0 Å². The van der Waals surface area contributed by atoms with Gasteiger partial charge in [-0.1, -0.05) is 47.1 Å². The van der Waals surface area contributed by atoms with E-state index in [4.69, 9.17) is 23.2 Å².